The Morgan fingerprint density at radius 1 is 1.44 bits per heavy atom. The van der Waals surface area contributed by atoms with Crippen LogP contribution in [0.1, 0.15) is 31.9 Å². The van der Waals surface area contributed by atoms with Crippen molar-refractivity contribution in [3.8, 4) is 11.5 Å². The summed E-state index contributed by atoms with van der Waals surface area (Å²) in [5.74, 6) is 1.49. The third-order valence-corrected chi connectivity index (χ3v) is 3.19. The molecule has 2 unspecified atom stereocenters. The Morgan fingerprint density at radius 3 is 2.89 bits per heavy atom. The maximum Gasteiger partial charge on any atom is 0.127 e. The lowest BCUT2D eigenvalue weighted by Crippen LogP contribution is -2.37. The lowest BCUT2D eigenvalue weighted by Gasteiger charge is -2.22. The van der Waals surface area contributed by atoms with E-state index in [2.05, 4.69) is 19.2 Å². The van der Waals surface area contributed by atoms with Gasteiger partial charge in [-0.15, -0.1) is 0 Å². The number of aliphatic hydroxyl groups is 1. The molecule has 3 N–H and O–H groups in total. The lowest BCUT2D eigenvalue weighted by atomic mass is 10.0. The molecule has 0 fully saturated rings. The predicted molar refractivity (Wildman–Crippen MR) is 69.8 cm³/mol. The van der Waals surface area contributed by atoms with E-state index in [1.807, 2.05) is 6.07 Å². The molecule has 2 atom stereocenters. The van der Waals surface area contributed by atoms with E-state index in [0.29, 0.717) is 12.5 Å². The molecular formula is C14H21NO3. The third-order valence-electron chi connectivity index (χ3n) is 3.19. The van der Waals surface area contributed by atoms with Crippen LogP contribution in [0.15, 0.2) is 18.2 Å². The van der Waals surface area contributed by atoms with Gasteiger partial charge in [0.25, 0.3) is 0 Å². The zero-order valence-corrected chi connectivity index (χ0v) is 10.9. The zero-order valence-electron chi connectivity index (χ0n) is 10.9. The summed E-state index contributed by atoms with van der Waals surface area (Å²) in [5, 5.41) is 22.2. The van der Waals surface area contributed by atoms with Crippen LogP contribution in [0.25, 0.3) is 0 Å². The molecule has 0 amide bonds. The minimum Gasteiger partial charge on any atom is -0.508 e. The number of aliphatic hydroxyl groups excluding tert-OH is 1. The predicted octanol–water partition coefficient (Wildman–Crippen LogP) is 1.82. The molecule has 4 heteroatoms. The van der Waals surface area contributed by atoms with Crippen LogP contribution in [0.3, 0.4) is 0 Å². The number of nitrogens with one attached hydrogen (secondary N) is 1. The topological polar surface area (TPSA) is 61.7 Å². The van der Waals surface area contributed by atoms with Crippen LogP contribution in [-0.4, -0.2) is 29.5 Å². The summed E-state index contributed by atoms with van der Waals surface area (Å²) < 4.78 is 5.54. The summed E-state index contributed by atoms with van der Waals surface area (Å²) >= 11 is 0. The van der Waals surface area contributed by atoms with Crippen molar-refractivity contribution in [2.75, 3.05) is 13.2 Å². The Morgan fingerprint density at radius 2 is 2.22 bits per heavy atom. The van der Waals surface area contributed by atoms with Crippen molar-refractivity contribution in [1.29, 1.82) is 0 Å². The first kappa shape index (κ1) is 13.2. The summed E-state index contributed by atoms with van der Waals surface area (Å²) in [7, 11) is 0. The van der Waals surface area contributed by atoms with E-state index < -0.39 is 0 Å². The van der Waals surface area contributed by atoms with Crippen molar-refractivity contribution >= 4 is 0 Å². The second kappa shape index (κ2) is 5.59. The first-order valence-electron chi connectivity index (χ1n) is 6.42. The van der Waals surface area contributed by atoms with Crippen molar-refractivity contribution in [2.24, 2.45) is 5.92 Å². The zero-order chi connectivity index (χ0) is 13.1. The Kier molecular flexibility index (Phi) is 4.09. The molecule has 0 saturated carbocycles. The summed E-state index contributed by atoms with van der Waals surface area (Å²) in [4.78, 5) is 0. The average molecular weight is 251 g/mol. The fourth-order valence-electron chi connectivity index (χ4n) is 2.39. The quantitative estimate of drug-likeness (QED) is 0.747. The molecule has 1 aromatic carbocycles. The highest BCUT2D eigenvalue weighted by Crippen LogP contribution is 2.35. The maximum absolute atomic E-state index is 9.39. The smallest absolute Gasteiger partial charge is 0.127 e. The summed E-state index contributed by atoms with van der Waals surface area (Å²) in [6, 6.07) is 5.35. The lowest BCUT2D eigenvalue weighted by molar-refractivity contribution is 0.202. The Bertz CT molecular complexity index is 406. The van der Waals surface area contributed by atoms with Crippen LogP contribution in [-0.2, 0) is 0 Å². The van der Waals surface area contributed by atoms with Gasteiger partial charge in [-0.25, -0.2) is 0 Å². The van der Waals surface area contributed by atoms with Crippen LogP contribution in [0.5, 0.6) is 11.5 Å². The SMILES string of the molecule is CC(C)CC(CO)NC1COc2cc(O)ccc21. The van der Waals surface area contributed by atoms with Gasteiger partial charge in [-0.3, -0.25) is 0 Å². The minimum atomic E-state index is 0.0818. The van der Waals surface area contributed by atoms with Crippen LogP contribution in [0.2, 0.25) is 0 Å². The van der Waals surface area contributed by atoms with Crippen molar-refractivity contribution in [3.05, 3.63) is 23.8 Å². The molecule has 0 saturated heterocycles. The summed E-state index contributed by atoms with van der Waals surface area (Å²) in [6.45, 7) is 4.96. The number of phenolic OH excluding ortho intramolecular Hbond substituents is 1. The van der Waals surface area contributed by atoms with Gasteiger partial charge in [0.1, 0.15) is 18.1 Å². The summed E-state index contributed by atoms with van der Waals surface area (Å²) in [5.41, 5.74) is 1.05. The van der Waals surface area contributed by atoms with Gasteiger partial charge in [0.05, 0.1) is 12.6 Å². The van der Waals surface area contributed by atoms with E-state index in [1.54, 1.807) is 12.1 Å². The molecule has 1 heterocycles. The minimum absolute atomic E-state index is 0.0818. The highest BCUT2D eigenvalue weighted by molar-refractivity contribution is 5.44. The Balaban J connectivity index is 2.04. The second-order valence-electron chi connectivity index (χ2n) is 5.26. The molecule has 1 aliphatic rings. The van der Waals surface area contributed by atoms with Gasteiger partial charge in [-0.05, 0) is 24.5 Å². The van der Waals surface area contributed by atoms with E-state index in [-0.39, 0.29) is 24.4 Å². The number of benzene rings is 1. The van der Waals surface area contributed by atoms with E-state index in [4.69, 9.17) is 4.74 Å². The molecule has 4 nitrogen and oxygen atoms in total. The molecule has 1 aliphatic heterocycles. The number of ether oxygens (including phenoxy) is 1. The fourth-order valence-corrected chi connectivity index (χ4v) is 2.39. The summed E-state index contributed by atoms with van der Waals surface area (Å²) in [6.07, 6.45) is 0.931. The van der Waals surface area contributed by atoms with Gasteiger partial charge in [-0.1, -0.05) is 13.8 Å². The molecule has 18 heavy (non-hydrogen) atoms. The molecule has 0 aromatic heterocycles. The molecular weight excluding hydrogens is 230 g/mol. The van der Waals surface area contributed by atoms with Crippen LogP contribution in [0.4, 0.5) is 0 Å². The molecule has 0 aliphatic carbocycles. The normalized spacial score (nSPS) is 19.7. The van der Waals surface area contributed by atoms with Gasteiger partial charge in [0.2, 0.25) is 0 Å². The van der Waals surface area contributed by atoms with Crippen molar-refractivity contribution in [1.82, 2.24) is 5.32 Å². The first-order valence-corrected chi connectivity index (χ1v) is 6.42. The monoisotopic (exact) mass is 251 g/mol. The number of rotatable bonds is 5. The third kappa shape index (κ3) is 2.94. The van der Waals surface area contributed by atoms with Crippen molar-refractivity contribution in [2.45, 2.75) is 32.4 Å². The van der Waals surface area contributed by atoms with Gasteiger partial charge in [0, 0.05) is 17.7 Å². The molecule has 0 radical (unpaired) electrons. The Hall–Kier alpha value is -1.26. The number of hydrogen-bond donors (Lipinski definition) is 3. The molecule has 2 rings (SSSR count). The standard InChI is InChI=1S/C14H21NO3/c1-9(2)5-10(7-16)15-13-8-18-14-6-11(17)3-4-12(13)14/h3-4,6,9-10,13,15-17H,5,7-8H2,1-2H3. The maximum atomic E-state index is 9.39. The molecule has 0 bridgehead atoms. The van der Waals surface area contributed by atoms with Crippen molar-refractivity contribution in [3.63, 3.8) is 0 Å². The number of fused-ring (bicyclic) bond motifs is 1. The highest BCUT2D eigenvalue weighted by Gasteiger charge is 2.26. The van der Waals surface area contributed by atoms with Crippen LogP contribution < -0.4 is 10.1 Å². The fraction of sp³-hybridized carbons (Fsp3) is 0.571. The van der Waals surface area contributed by atoms with Crippen molar-refractivity contribution < 1.29 is 14.9 Å². The molecule has 100 valence electrons. The van der Waals surface area contributed by atoms with Crippen LogP contribution >= 0.6 is 0 Å². The molecule has 1 aromatic rings. The first-order chi connectivity index (χ1) is 8.60. The van der Waals surface area contributed by atoms with Gasteiger partial charge < -0.3 is 20.3 Å². The highest BCUT2D eigenvalue weighted by atomic mass is 16.5. The second-order valence-corrected chi connectivity index (χ2v) is 5.26. The largest absolute Gasteiger partial charge is 0.508 e. The number of hydrogen-bond acceptors (Lipinski definition) is 4. The molecule has 0 spiro atoms. The number of aromatic hydroxyl groups is 1. The van der Waals surface area contributed by atoms with E-state index in [1.165, 1.54) is 0 Å². The number of phenols is 1. The van der Waals surface area contributed by atoms with E-state index in [9.17, 15) is 10.2 Å². The van der Waals surface area contributed by atoms with Gasteiger partial charge in [-0.2, -0.15) is 0 Å². The van der Waals surface area contributed by atoms with Gasteiger partial charge >= 0.3 is 0 Å². The average Bonchev–Trinajstić information content (AvgIpc) is 2.70. The van der Waals surface area contributed by atoms with Gasteiger partial charge in [0.15, 0.2) is 0 Å². The van der Waals surface area contributed by atoms with E-state index in [0.717, 1.165) is 17.7 Å². The Labute approximate surface area is 108 Å². The van der Waals surface area contributed by atoms with Crippen LogP contribution in [0, 0.1) is 5.92 Å². The van der Waals surface area contributed by atoms with E-state index >= 15 is 0 Å².